The molecule has 4 atom stereocenters. The third-order valence-electron chi connectivity index (χ3n) is 6.85. The van der Waals surface area contributed by atoms with E-state index in [2.05, 4.69) is 23.6 Å². The number of ether oxygens (including phenoxy) is 1. The molecule has 0 aliphatic carbocycles. The fourth-order valence-electron chi connectivity index (χ4n) is 5.31. The van der Waals surface area contributed by atoms with Gasteiger partial charge in [-0.05, 0) is 37.3 Å². The average molecular weight is 475 g/mol. The first-order chi connectivity index (χ1) is 15.6. The molecule has 1 aromatic rings. The van der Waals surface area contributed by atoms with Crippen molar-refractivity contribution in [2.45, 2.75) is 56.3 Å². The van der Waals surface area contributed by atoms with E-state index in [1.165, 1.54) is 18.2 Å². The molecular weight excluding hydrogens is 448 g/mol. The van der Waals surface area contributed by atoms with Gasteiger partial charge in [0.15, 0.2) is 5.84 Å². The van der Waals surface area contributed by atoms with Gasteiger partial charge in [-0.1, -0.05) is 19.9 Å². The number of amidine groups is 1. The Labute approximate surface area is 191 Å². The smallest absolute Gasteiger partial charge is 0.286 e. The van der Waals surface area contributed by atoms with E-state index in [0.717, 1.165) is 19.3 Å². The zero-order valence-corrected chi connectivity index (χ0v) is 19.1. The van der Waals surface area contributed by atoms with E-state index in [-0.39, 0.29) is 51.6 Å². The highest BCUT2D eigenvalue weighted by Crippen LogP contribution is 2.48. The molecule has 2 saturated heterocycles. The van der Waals surface area contributed by atoms with Crippen LogP contribution in [0.1, 0.15) is 43.5 Å². The first-order valence-corrected chi connectivity index (χ1v) is 12.5. The number of benzene rings is 1. The van der Waals surface area contributed by atoms with Gasteiger partial charge in [0.1, 0.15) is 16.2 Å². The molecule has 0 radical (unpaired) electrons. The molecule has 1 aromatic carbocycles. The van der Waals surface area contributed by atoms with Gasteiger partial charge in [-0.3, -0.25) is 9.59 Å². The summed E-state index contributed by atoms with van der Waals surface area (Å²) in [6.45, 7) is 4.56. The van der Waals surface area contributed by atoms with Crippen LogP contribution in [0.5, 0.6) is 0 Å². The van der Waals surface area contributed by atoms with Crippen LogP contribution in [-0.4, -0.2) is 60.9 Å². The van der Waals surface area contributed by atoms with Crippen LogP contribution in [-0.2, 0) is 19.6 Å². The number of aliphatic hydroxyl groups excluding tert-OH is 1. The summed E-state index contributed by atoms with van der Waals surface area (Å²) in [6.07, 6.45) is 1.89. The predicted octanol–water partition coefficient (Wildman–Crippen LogP) is 1.54. The van der Waals surface area contributed by atoms with Gasteiger partial charge in [-0.15, -0.1) is 4.40 Å². The van der Waals surface area contributed by atoms with E-state index in [4.69, 9.17) is 10.5 Å². The minimum atomic E-state index is -4.25. The Balaban J connectivity index is 1.63. The molecule has 176 valence electrons. The van der Waals surface area contributed by atoms with Crippen molar-refractivity contribution in [3.05, 3.63) is 35.1 Å². The summed E-state index contributed by atoms with van der Waals surface area (Å²) in [7, 11) is -4.25. The Morgan fingerprint density at radius 3 is 2.76 bits per heavy atom. The molecule has 0 aromatic heterocycles. The lowest BCUT2D eigenvalue weighted by molar-refractivity contribution is -0.132. The maximum Gasteiger partial charge on any atom is 0.286 e. The van der Waals surface area contributed by atoms with Gasteiger partial charge in [0.05, 0.1) is 35.4 Å². The number of fused-ring (bicyclic) bond motifs is 6. The number of rotatable bonds is 5. The van der Waals surface area contributed by atoms with E-state index >= 15 is 0 Å². The van der Waals surface area contributed by atoms with E-state index in [1.54, 1.807) is 4.90 Å². The SMILES string of the molecule is CC(C)CCN1C(=O)C(C2=NS(=O)(=O)c3cccc(C(N)=O)c3N2)=C(O)C2C3CCC(O3)C21. The molecule has 10 nitrogen and oxygen atoms in total. The molecule has 11 heteroatoms. The van der Waals surface area contributed by atoms with Crippen LogP contribution in [0.2, 0.25) is 0 Å². The minimum absolute atomic E-state index is 0.0513. The number of anilines is 1. The zero-order valence-electron chi connectivity index (χ0n) is 18.3. The number of primary amides is 1. The van der Waals surface area contributed by atoms with Crippen molar-refractivity contribution in [3.63, 3.8) is 0 Å². The number of amides is 2. The molecular formula is C22H26N4O6S. The first-order valence-electron chi connectivity index (χ1n) is 11.0. The lowest BCUT2D eigenvalue weighted by atomic mass is 9.77. The van der Waals surface area contributed by atoms with E-state index in [9.17, 15) is 23.1 Å². The van der Waals surface area contributed by atoms with Gasteiger partial charge < -0.3 is 25.8 Å². The maximum absolute atomic E-state index is 13.7. The normalized spacial score (nSPS) is 29.6. The second-order valence-electron chi connectivity index (χ2n) is 9.33. The summed E-state index contributed by atoms with van der Waals surface area (Å²) in [5.74, 6) is -1.98. The third-order valence-corrected chi connectivity index (χ3v) is 8.17. The number of carbonyl (C=O) groups excluding carboxylic acids is 2. The van der Waals surface area contributed by atoms with E-state index in [0.29, 0.717) is 12.5 Å². The number of sulfonamides is 1. The van der Waals surface area contributed by atoms with Crippen LogP contribution >= 0.6 is 0 Å². The highest BCUT2D eigenvalue weighted by atomic mass is 32.2. The number of nitrogens with two attached hydrogens (primary N) is 1. The fraction of sp³-hybridized carbons (Fsp3) is 0.500. The van der Waals surface area contributed by atoms with Crippen molar-refractivity contribution >= 4 is 33.4 Å². The maximum atomic E-state index is 13.7. The van der Waals surface area contributed by atoms with Gasteiger partial charge in [0.2, 0.25) is 0 Å². The van der Waals surface area contributed by atoms with Gasteiger partial charge in [-0.2, -0.15) is 8.42 Å². The second kappa shape index (κ2) is 7.56. The van der Waals surface area contributed by atoms with Crippen LogP contribution < -0.4 is 11.1 Å². The average Bonchev–Trinajstić information content (AvgIpc) is 3.35. The summed E-state index contributed by atoms with van der Waals surface area (Å²) in [5.41, 5.74) is 5.13. The molecule has 4 N–H and O–H groups in total. The Hall–Kier alpha value is -2.92. The summed E-state index contributed by atoms with van der Waals surface area (Å²) in [5, 5.41) is 14.0. The Kier molecular flexibility index (Phi) is 5.02. The van der Waals surface area contributed by atoms with Crippen LogP contribution in [0.15, 0.2) is 38.8 Å². The molecule has 33 heavy (non-hydrogen) atoms. The van der Waals surface area contributed by atoms with Gasteiger partial charge in [-0.25, -0.2) is 0 Å². The summed E-state index contributed by atoms with van der Waals surface area (Å²) in [4.78, 5) is 27.1. The fourth-order valence-corrected chi connectivity index (χ4v) is 6.46. The number of nitrogens with one attached hydrogen (secondary N) is 1. The van der Waals surface area contributed by atoms with Crippen molar-refractivity contribution in [3.8, 4) is 0 Å². The molecule has 4 heterocycles. The predicted molar refractivity (Wildman–Crippen MR) is 119 cm³/mol. The molecule has 2 fully saturated rings. The Morgan fingerprint density at radius 2 is 2.06 bits per heavy atom. The Bertz CT molecular complexity index is 1220. The summed E-state index contributed by atoms with van der Waals surface area (Å²) >= 11 is 0. The van der Waals surface area contributed by atoms with Crippen molar-refractivity contribution in [2.75, 3.05) is 11.9 Å². The molecule has 4 aliphatic heterocycles. The number of aliphatic hydroxyl groups is 1. The number of para-hydroxylation sites is 1. The molecule has 2 bridgehead atoms. The monoisotopic (exact) mass is 474 g/mol. The number of hydrogen-bond donors (Lipinski definition) is 3. The molecule has 5 rings (SSSR count). The lowest BCUT2D eigenvalue weighted by Gasteiger charge is -2.42. The minimum Gasteiger partial charge on any atom is -0.511 e. The first kappa shape index (κ1) is 21.9. The molecule has 4 aliphatic rings. The van der Waals surface area contributed by atoms with Gasteiger partial charge in [0.25, 0.3) is 21.8 Å². The van der Waals surface area contributed by atoms with Crippen LogP contribution in [0.4, 0.5) is 5.69 Å². The number of nitrogens with zero attached hydrogens (tertiary/aromatic N) is 2. The van der Waals surface area contributed by atoms with Gasteiger partial charge >= 0.3 is 0 Å². The molecule has 2 amide bonds. The largest absolute Gasteiger partial charge is 0.511 e. The number of carbonyl (C=O) groups is 2. The van der Waals surface area contributed by atoms with Crippen molar-refractivity contribution in [1.82, 2.24) is 4.90 Å². The highest BCUT2D eigenvalue weighted by Gasteiger charge is 2.58. The standard InChI is InChI=1S/C22H26N4O6S/c1-10(2)8-9-26-18-13-7-6-12(32-13)15(18)19(27)16(22(26)29)21-24-17-11(20(23)28)4-3-5-14(17)33(30,31)25-21/h3-5,10,12-13,15,18,27H,6-9H2,1-2H3,(H2,23,28)(H,24,25). The summed E-state index contributed by atoms with van der Waals surface area (Å²) in [6, 6.07) is 3.79. The Morgan fingerprint density at radius 1 is 1.33 bits per heavy atom. The van der Waals surface area contributed by atoms with Crippen molar-refractivity contribution in [2.24, 2.45) is 22.0 Å². The topological polar surface area (TPSA) is 151 Å². The molecule has 0 saturated carbocycles. The lowest BCUT2D eigenvalue weighted by Crippen LogP contribution is -2.56. The summed E-state index contributed by atoms with van der Waals surface area (Å²) < 4.78 is 35.7. The van der Waals surface area contributed by atoms with Crippen molar-refractivity contribution in [1.29, 1.82) is 0 Å². The molecule has 0 spiro atoms. The van der Waals surface area contributed by atoms with Crippen molar-refractivity contribution < 1.29 is 27.9 Å². The quantitative estimate of drug-likeness (QED) is 0.585. The van der Waals surface area contributed by atoms with Crippen LogP contribution in [0.25, 0.3) is 0 Å². The van der Waals surface area contributed by atoms with E-state index < -0.39 is 27.8 Å². The van der Waals surface area contributed by atoms with Gasteiger partial charge in [0, 0.05) is 6.54 Å². The number of hydrogen-bond acceptors (Lipinski definition) is 7. The second-order valence-corrected chi connectivity index (χ2v) is 10.9. The van der Waals surface area contributed by atoms with E-state index in [1.807, 2.05) is 0 Å². The highest BCUT2D eigenvalue weighted by molar-refractivity contribution is 7.90. The molecule has 4 unspecified atom stereocenters. The zero-order chi connectivity index (χ0) is 23.7. The third kappa shape index (κ3) is 3.33. The van der Waals surface area contributed by atoms with Crippen LogP contribution in [0.3, 0.4) is 0 Å². The van der Waals surface area contributed by atoms with Crippen LogP contribution in [0, 0.1) is 11.8 Å².